The molecule has 2 aromatic rings. The molecular formula is C20H24N2O3S. The Morgan fingerprint density at radius 1 is 1.04 bits per heavy atom. The second-order valence-electron chi connectivity index (χ2n) is 6.48. The number of hydrogen-bond donors (Lipinski definition) is 1. The number of carbonyl (C=O) groups is 1. The maximum Gasteiger partial charge on any atom is 0.264 e. The number of nitrogens with zero attached hydrogens (tertiary/aromatic N) is 1. The Morgan fingerprint density at radius 2 is 1.65 bits per heavy atom. The van der Waals surface area contributed by atoms with Gasteiger partial charge in [0.15, 0.2) is 0 Å². The Bertz CT molecular complexity index is 842. The standard InChI is InChI=1S/C20H24N2O3S/c1-2-22(26(24,25)19-10-4-3-5-11-19)18-14-12-16(13-15-18)20(23)21-17-8-6-7-9-17/h3-5,10-15,17H,2,6-9H2,1H3,(H,21,23). The van der Waals surface area contributed by atoms with Gasteiger partial charge in [0, 0.05) is 18.2 Å². The van der Waals surface area contributed by atoms with Crippen LogP contribution in [-0.4, -0.2) is 26.9 Å². The average molecular weight is 372 g/mol. The Hall–Kier alpha value is -2.34. The van der Waals surface area contributed by atoms with Crippen LogP contribution >= 0.6 is 0 Å². The summed E-state index contributed by atoms with van der Waals surface area (Å²) in [7, 11) is -3.62. The van der Waals surface area contributed by atoms with Gasteiger partial charge in [0.05, 0.1) is 10.6 Å². The molecule has 0 aliphatic heterocycles. The molecule has 6 heteroatoms. The third-order valence-electron chi connectivity index (χ3n) is 4.73. The molecule has 1 fully saturated rings. The zero-order chi connectivity index (χ0) is 18.6. The highest BCUT2D eigenvalue weighted by atomic mass is 32.2. The zero-order valence-electron chi connectivity index (χ0n) is 14.9. The van der Waals surface area contributed by atoms with Gasteiger partial charge in [0.2, 0.25) is 0 Å². The van der Waals surface area contributed by atoms with Gasteiger partial charge < -0.3 is 5.32 Å². The Labute approximate surface area is 155 Å². The molecule has 2 aromatic carbocycles. The molecule has 3 rings (SSSR count). The maximum atomic E-state index is 12.9. The van der Waals surface area contributed by atoms with E-state index >= 15 is 0 Å². The van der Waals surface area contributed by atoms with Crippen LogP contribution < -0.4 is 9.62 Å². The van der Waals surface area contributed by atoms with Crippen LogP contribution in [0.15, 0.2) is 59.5 Å². The number of carbonyl (C=O) groups excluding carboxylic acids is 1. The number of sulfonamides is 1. The molecule has 0 aromatic heterocycles. The smallest absolute Gasteiger partial charge is 0.264 e. The minimum absolute atomic E-state index is 0.0996. The summed E-state index contributed by atoms with van der Waals surface area (Å²) in [4.78, 5) is 12.6. The lowest BCUT2D eigenvalue weighted by molar-refractivity contribution is 0.0938. The van der Waals surface area contributed by atoms with E-state index in [1.807, 2.05) is 0 Å². The molecule has 1 amide bonds. The highest BCUT2D eigenvalue weighted by Crippen LogP contribution is 2.24. The summed E-state index contributed by atoms with van der Waals surface area (Å²) in [5.41, 5.74) is 1.10. The molecule has 0 spiro atoms. The molecule has 26 heavy (non-hydrogen) atoms. The highest BCUT2D eigenvalue weighted by Gasteiger charge is 2.24. The van der Waals surface area contributed by atoms with E-state index in [-0.39, 0.29) is 16.8 Å². The monoisotopic (exact) mass is 372 g/mol. The van der Waals surface area contributed by atoms with Gasteiger partial charge in [-0.3, -0.25) is 9.10 Å². The van der Waals surface area contributed by atoms with Crippen LogP contribution in [0.2, 0.25) is 0 Å². The normalized spacial score (nSPS) is 15.0. The molecule has 5 nitrogen and oxygen atoms in total. The van der Waals surface area contributed by atoms with Gasteiger partial charge in [-0.1, -0.05) is 31.0 Å². The Morgan fingerprint density at radius 3 is 2.23 bits per heavy atom. The molecule has 0 unspecified atom stereocenters. The number of hydrogen-bond acceptors (Lipinski definition) is 3. The van der Waals surface area contributed by atoms with Crippen LogP contribution in [0.3, 0.4) is 0 Å². The first-order valence-corrected chi connectivity index (χ1v) is 10.4. The summed E-state index contributed by atoms with van der Waals surface area (Å²) >= 11 is 0. The summed E-state index contributed by atoms with van der Waals surface area (Å²) in [5.74, 6) is -0.0996. The lowest BCUT2D eigenvalue weighted by Gasteiger charge is -2.23. The quantitative estimate of drug-likeness (QED) is 0.843. The van der Waals surface area contributed by atoms with Gasteiger partial charge in [0.1, 0.15) is 0 Å². The van der Waals surface area contributed by atoms with Gasteiger partial charge in [-0.05, 0) is 56.2 Å². The average Bonchev–Trinajstić information content (AvgIpc) is 3.16. The third-order valence-corrected chi connectivity index (χ3v) is 6.64. The summed E-state index contributed by atoms with van der Waals surface area (Å²) in [5, 5.41) is 3.04. The van der Waals surface area contributed by atoms with Crippen molar-refractivity contribution in [2.75, 3.05) is 10.8 Å². The molecule has 1 aliphatic rings. The van der Waals surface area contributed by atoms with E-state index in [0.717, 1.165) is 25.7 Å². The van der Waals surface area contributed by atoms with E-state index in [1.54, 1.807) is 61.5 Å². The van der Waals surface area contributed by atoms with E-state index in [9.17, 15) is 13.2 Å². The van der Waals surface area contributed by atoms with Gasteiger partial charge in [-0.15, -0.1) is 0 Å². The molecule has 0 atom stereocenters. The van der Waals surface area contributed by atoms with Gasteiger partial charge in [-0.25, -0.2) is 8.42 Å². The van der Waals surface area contributed by atoms with Gasteiger partial charge >= 0.3 is 0 Å². The van der Waals surface area contributed by atoms with E-state index in [0.29, 0.717) is 17.8 Å². The molecule has 0 saturated heterocycles. The molecular weight excluding hydrogens is 348 g/mol. The fourth-order valence-electron chi connectivity index (χ4n) is 3.33. The van der Waals surface area contributed by atoms with Crippen molar-refractivity contribution in [2.45, 2.75) is 43.5 Å². The van der Waals surface area contributed by atoms with Crippen molar-refractivity contribution in [3.05, 3.63) is 60.2 Å². The summed E-state index contributed by atoms with van der Waals surface area (Å²) in [6, 6.07) is 15.4. The largest absolute Gasteiger partial charge is 0.349 e. The highest BCUT2D eigenvalue weighted by molar-refractivity contribution is 7.92. The lowest BCUT2D eigenvalue weighted by Crippen LogP contribution is -2.33. The number of benzene rings is 2. The fourth-order valence-corrected chi connectivity index (χ4v) is 4.82. The third kappa shape index (κ3) is 3.90. The van der Waals surface area contributed by atoms with Crippen molar-refractivity contribution in [1.29, 1.82) is 0 Å². The maximum absolute atomic E-state index is 12.9. The van der Waals surface area contributed by atoms with Gasteiger partial charge in [0.25, 0.3) is 15.9 Å². The molecule has 0 radical (unpaired) electrons. The van der Waals surface area contributed by atoms with Crippen LogP contribution in [0, 0.1) is 0 Å². The number of anilines is 1. The fraction of sp³-hybridized carbons (Fsp3) is 0.350. The van der Waals surface area contributed by atoms with E-state index in [1.165, 1.54) is 4.31 Å². The minimum atomic E-state index is -3.62. The van der Waals surface area contributed by atoms with Crippen molar-refractivity contribution in [3.8, 4) is 0 Å². The molecule has 1 N–H and O–H groups in total. The molecule has 1 saturated carbocycles. The molecule has 0 heterocycles. The van der Waals surface area contributed by atoms with E-state index in [2.05, 4.69) is 5.32 Å². The van der Waals surface area contributed by atoms with Crippen LogP contribution in [0.5, 0.6) is 0 Å². The molecule has 1 aliphatic carbocycles. The first kappa shape index (κ1) is 18.5. The second kappa shape index (κ2) is 7.91. The minimum Gasteiger partial charge on any atom is -0.349 e. The molecule has 138 valence electrons. The summed E-state index contributed by atoms with van der Waals surface area (Å²) in [6.45, 7) is 2.10. The predicted octanol–water partition coefficient (Wildman–Crippen LogP) is 3.57. The first-order valence-electron chi connectivity index (χ1n) is 9.01. The van der Waals surface area contributed by atoms with Crippen LogP contribution in [0.1, 0.15) is 43.0 Å². The first-order chi connectivity index (χ1) is 12.5. The van der Waals surface area contributed by atoms with Crippen molar-refractivity contribution in [1.82, 2.24) is 5.32 Å². The van der Waals surface area contributed by atoms with Crippen molar-refractivity contribution < 1.29 is 13.2 Å². The summed E-state index contributed by atoms with van der Waals surface area (Å²) in [6.07, 6.45) is 4.38. The topological polar surface area (TPSA) is 66.5 Å². The number of nitrogens with one attached hydrogen (secondary N) is 1. The Balaban J connectivity index is 1.78. The van der Waals surface area contributed by atoms with E-state index < -0.39 is 10.0 Å². The predicted molar refractivity (Wildman–Crippen MR) is 103 cm³/mol. The Kier molecular flexibility index (Phi) is 5.61. The van der Waals surface area contributed by atoms with Crippen LogP contribution in [0.4, 0.5) is 5.69 Å². The number of amides is 1. The molecule has 0 bridgehead atoms. The SMILES string of the molecule is CCN(c1ccc(C(=O)NC2CCCC2)cc1)S(=O)(=O)c1ccccc1. The zero-order valence-corrected chi connectivity index (χ0v) is 15.7. The lowest BCUT2D eigenvalue weighted by atomic mass is 10.1. The van der Waals surface area contributed by atoms with E-state index in [4.69, 9.17) is 0 Å². The van der Waals surface area contributed by atoms with Crippen LogP contribution in [-0.2, 0) is 10.0 Å². The summed E-state index contributed by atoms with van der Waals surface area (Å²) < 4.78 is 27.1. The van der Waals surface area contributed by atoms with Crippen molar-refractivity contribution in [2.24, 2.45) is 0 Å². The van der Waals surface area contributed by atoms with Crippen molar-refractivity contribution >= 4 is 21.6 Å². The second-order valence-corrected chi connectivity index (χ2v) is 8.35. The van der Waals surface area contributed by atoms with Gasteiger partial charge in [-0.2, -0.15) is 0 Å². The van der Waals surface area contributed by atoms with Crippen molar-refractivity contribution in [3.63, 3.8) is 0 Å². The number of rotatable bonds is 6. The van der Waals surface area contributed by atoms with Crippen LogP contribution in [0.25, 0.3) is 0 Å².